The Labute approximate surface area is 120 Å². The molecule has 1 saturated carbocycles. The van der Waals surface area contributed by atoms with Crippen molar-refractivity contribution in [2.24, 2.45) is 17.6 Å². The summed E-state index contributed by atoms with van der Waals surface area (Å²) in [5.41, 5.74) is 8.36. The van der Waals surface area contributed by atoms with E-state index in [1.54, 1.807) is 0 Å². The summed E-state index contributed by atoms with van der Waals surface area (Å²) in [5, 5.41) is 3.18. The Kier molecular flexibility index (Phi) is 3.33. The first-order chi connectivity index (χ1) is 9.59. The molecule has 0 heterocycles. The van der Waals surface area contributed by atoms with Crippen LogP contribution in [0.2, 0.25) is 0 Å². The highest BCUT2D eigenvalue weighted by Crippen LogP contribution is 2.59. The number of amides is 1. The van der Waals surface area contributed by atoms with Crippen LogP contribution in [0.3, 0.4) is 0 Å². The van der Waals surface area contributed by atoms with Crippen LogP contribution in [0.25, 0.3) is 0 Å². The van der Waals surface area contributed by atoms with Crippen molar-refractivity contribution in [2.45, 2.75) is 44.6 Å². The number of nitrogens with two attached hydrogens (primary N) is 1. The SMILES string of the molecule is CCC(C)(CN)NC(=O)C1C2CCc3ccccc3C21. The van der Waals surface area contributed by atoms with Crippen LogP contribution >= 0.6 is 0 Å². The highest BCUT2D eigenvalue weighted by molar-refractivity contribution is 5.84. The lowest BCUT2D eigenvalue weighted by molar-refractivity contribution is -0.124. The van der Waals surface area contributed by atoms with Gasteiger partial charge in [0.05, 0.1) is 0 Å². The van der Waals surface area contributed by atoms with Crippen LogP contribution in [-0.2, 0) is 11.2 Å². The van der Waals surface area contributed by atoms with Crippen molar-refractivity contribution in [3.05, 3.63) is 35.4 Å². The van der Waals surface area contributed by atoms with Gasteiger partial charge in [-0.25, -0.2) is 0 Å². The third kappa shape index (κ3) is 2.14. The van der Waals surface area contributed by atoms with Gasteiger partial charge in [-0.15, -0.1) is 0 Å². The normalized spacial score (nSPS) is 29.9. The molecule has 1 fully saturated rings. The fraction of sp³-hybridized carbons (Fsp3) is 0.588. The lowest BCUT2D eigenvalue weighted by atomic mass is 9.92. The van der Waals surface area contributed by atoms with Crippen molar-refractivity contribution in [1.82, 2.24) is 5.32 Å². The summed E-state index contributed by atoms with van der Waals surface area (Å²) in [6.07, 6.45) is 3.13. The van der Waals surface area contributed by atoms with Crippen molar-refractivity contribution in [1.29, 1.82) is 0 Å². The number of benzene rings is 1. The Morgan fingerprint density at radius 2 is 2.20 bits per heavy atom. The summed E-state index contributed by atoms with van der Waals surface area (Å²) in [5.74, 6) is 1.35. The molecule has 1 aromatic carbocycles. The lowest BCUT2D eigenvalue weighted by Crippen LogP contribution is -2.51. The smallest absolute Gasteiger partial charge is 0.224 e. The Bertz CT molecular complexity index is 521. The van der Waals surface area contributed by atoms with Gasteiger partial charge in [-0.1, -0.05) is 31.2 Å². The van der Waals surface area contributed by atoms with E-state index < -0.39 is 0 Å². The third-order valence-corrected chi connectivity index (χ3v) is 5.29. The summed E-state index contributed by atoms with van der Waals surface area (Å²) < 4.78 is 0. The second-order valence-corrected chi connectivity index (χ2v) is 6.56. The topological polar surface area (TPSA) is 55.1 Å². The van der Waals surface area contributed by atoms with Crippen molar-refractivity contribution in [2.75, 3.05) is 6.54 Å². The number of rotatable bonds is 4. The molecule has 3 rings (SSSR count). The average Bonchev–Trinajstić information content (AvgIpc) is 3.22. The van der Waals surface area contributed by atoms with Crippen LogP contribution in [0.5, 0.6) is 0 Å². The second kappa shape index (κ2) is 4.88. The lowest BCUT2D eigenvalue weighted by Gasteiger charge is -2.28. The fourth-order valence-electron chi connectivity index (χ4n) is 3.59. The molecular weight excluding hydrogens is 248 g/mol. The molecule has 1 amide bonds. The predicted molar refractivity (Wildman–Crippen MR) is 80.4 cm³/mol. The van der Waals surface area contributed by atoms with E-state index in [9.17, 15) is 4.79 Å². The van der Waals surface area contributed by atoms with Gasteiger partial charge < -0.3 is 11.1 Å². The van der Waals surface area contributed by atoms with Crippen LogP contribution in [0, 0.1) is 11.8 Å². The van der Waals surface area contributed by atoms with Crippen LogP contribution in [0.15, 0.2) is 24.3 Å². The van der Waals surface area contributed by atoms with Gasteiger partial charge in [0.15, 0.2) is 0 Å². The van der Waals surface area contributed by atoms with E-state index in [4.69, 9.17) is 5.73 Å². The summed E-state index contributed by atoms with van der Waals surface area (Å²) >= 11 is 0. The zero-order valence-corrected chi connectivity index (χ0v) is 12.4. The molecule has 3 heteroatoms. The molecule has 2 aliphatic carbocycles. The van der Waals surface area contributed by atoms with Gasteiger partial charge in [0.25, 0.3) is 0 Å². The molecule has 0 aromatic heterocycles. The number of aryl methyl sites for hydroxylation is 1. The van der Waals surface area contributed by atoms with E-state index in [0.717, 1.165) is 19.3 Å². The van der Waals surface area contributed by atoms with Crippen LogP contribution in [-0.4, -0.2) is 18.0 Å². The monoisotopic (exact) mass is 272 g/mol. The van der Waals surface area contributed by atoms with Crippen molar-refractivity contribution in [3.63, 3.8) is 0 Å². The quantitative estimate of drug-likeness (QED) is 0.883. The summed E-state index contributed by atoms with van der Waals surface area (Å²) in [4.78, 5) is 12.5. The molecule has 0 spiro atoms. The van der Waals surface area contributed by atoms with E-state index in [1.165, 1.54) is 11.1 Å². The minimum absolute atomic E-state index is 0.163. The Morgan fingerprint density at radius 1 is 1.45 bits per heavy atom. The average molecular weight is 272 g/mol. The highest BCUT2D eigenvalue weighted by atomic mass is 16.2. The molecule has 3 N–H and O–H groups in total. The predicted octanol–water partition coefficient (Wildman–Crippen LogP) is 2.21. The van der Waals surface area contributed by atoms with E-state index in [2.05, 4.69) is 36.5 Å². The number of carbonyl (C=O) groups is 1. The largest absolute Gasteiger partial charge is 0.349 e. The first-order valence-electron chi connectivity index (χ1n) is 7.69. The highest BCUT2D eigenvalue weighted by Gasteiger charge is 2.57. The maximum Gasteiger partial charge on any atom is 0.224 e. The molecule has 1 aromatic rings. The molecule has 0 bridgehead atoms. The number of hydrogen-bond acceptors (Lipinski definition) is 2. The van der Waals surface area contributed by atoms with E-state index in [0.29, 0.717) is 18.4 Å². The molecule has 0 aliphatic heterocycles. The summed E-state index contributed by atoms with van der Waals surface area (Å²) in [6.45, 7) is 4.60. The first kappa shape index (κ1) is 13.6. The number of nitrogens with one attached hydrogen (secondary N) is 1. The van der Waals surface area contributed by atoms with Crippen LogP contribution < -0.4 is 11.1 Å². The maximum atomic E-state index is 12.5. The van der Waals surface area contributed by atoms with Gasteiger partial charge in [0.1, 0.15) is 0 Å². The molecular formula is C17H24N2O. The van der Waals surface area contributed by atoms with Gasteiger partial charge >= 0.3 is 0 Å². The Morgan fingerprint density at radius 3 is 2.90 bits per heavy atom. The van der Waals surface area contributed by atoms with E-state index in [1.807, 2.05) is 6.92 Å². The van der Waals surface area contributed by atoms with Crippen molar-refractivity contribution >= 4 is 5.91 Å². The first-order valence-corrected chi connectivity index (χ1v) is 7.69. The molecule has 2 aliphatic rings. The molecule has 4 atom stereocenters. The zero-order chi connectivity index (χ0) is 14.3. The molecule has 0 radical (unpaired) electrons. The van der Waals surface area contributed by atoms with Gasteiger partial charge in [-0.3, -0.25) is 4.79 Å². The van der Waals surface area contributed by atoms with Gasteiger partial charge in [-0.2, -0.15) is 0 Å². The van der Waals surface area contributed by atoms with Gasteiger partial charge in [0.2, 0.25) is 5.91 Å². The van der Waals surface area contributed by atoms with Crippen LogP contribution in [0.4, 0.5) is 0 Å². The molecule has 4 unspecified atom stereocenters. The standard InChI is InChI=1S/C17H24N2O/c1-3-17(2,10-18)19-16(20)15-13-9-8-11-6-4-5-7-12(11)14(13)15/h4-7,13-15H,3,8-10,18H2,1-2H3,(H,19,20). The molecule has 108 valence electrons. The Balaban J connectivity index is 1.74. The number of hydrogen-bond donors (Lipinski definition) is 2. The Hall–Kier alpha value is -1.35. The van der Waals surface area contributed by atoms with E-state index >= 15 is 0 Å². The zero-order valence-electron chi connectivity index (χ0n) is 12.4. The molecule has 20 heavy (non-hydrogen) atoms. The minimum atomic E-state index is -0.262. The van der Waals surface area contributed by atoms with Crippen molar-refractivity contribution in [3.8, 4) is 0 Å². The van der Waals surface area contributed by atoms with Gasteiger partial charge in [-0.05, 0) is 49.1 Å². The van der Waals surface area contributed by atoms with Crippen LogP contribution in [0.1, 0.15) is 43.7 Å². The number of fused-ring (bicyclic) bond motifs is 3. The van der Waals surface area contributed by atoms with Crippen molar-refractivity contribution < 1.29 is 4.79 Å². The fourth-order valence-corrected chi connectivity index (χ4v) is 3.59. The molecule has 3 nitrogen and oxygen atoms in total. The summed E-state index contributed by atoms with van der Waals surface area (Å²) in [6, 6.07) is 8.58. The summed E-state index contributed by atoms with van der Waals surface area (Å²) in [7, 11) is 0. The number of carbonyl (C=O) groups excluding carboxylic acids is 1. The van der Waals surface area contributed by atoms with Gasteiger partial charge in [0, 0.05) is 18.0 Å². The second-order valence-electron chi connectivity index (χ2n) is 6.56. The minimum Gasteiger partial charge on any atom is -0.349 e. The van der Waals surface area contributed by atoms with E-state index in [-0.39, 0.29) is 17.4 Å². The third-order valence-electron chi connectivity index (χ3n) is 5.29. The molecule has 0 saturated heterocycles. The maximum absolute atomic E-state index is 12.5.